The average molecular weight is 848 g/mol. The van der Waals surface area contributed by atoms with E-state index in [1.165, 1.54) is 186 Å². The van der Waals surface area contributed by atoms with Crippen molar-refractivity contribution in [2.75, 3.05) is 13.2 Å². The Morgan fingerprint density at radius 3 is 1.18 bits per heavy atom. The molecule has 356 valence electrons. The minimum atomic E-state index is -0.685. The molecule has 6 nitrogen and oxygen atoms in total. The van der Waals surface area contributed by atoms with E-state index in [1.807, 2.05) is 0 Å². The van der Waals surface area contributed by atoms with Crippen molar-refractivity contribution in [3.8, 4) is 0 Å². The zero-order chi connectivity index (χ0) is 43.7. The predicted octanol–water partition coefficient (Wildman–Crippen LogP) is 16.1. The van der Waals surface area contributed by atoms with Gasteiger partial charge in [-0.2, -0.15) is 0 Å². The Morgan fingerprint density at radius 1 is 0.450 bits per heavy atom. The second kappa shape index (κ2) is 50.2. The van der Waals surface area contributed by atoms with Crippen LogP contribution in [0.25, 0.3) is 0 Å². The van der Waals surface area contributed by atoms with Crippen LogP contribution in [-0.4, -0.2) is 47.4 Å². The first-order valence-electron chi connectivity index (χ1n) is 26.9. The molecule has 0 saturated heterocycles. The molecule has 0 aliphatic heterocycles. The molecular weight excluding hydrogens is 743 g/mol. The van der Waals surface area contributed by atoms with Crippen molar-refractivity contribution in [3.05, 3.63) is 12.2 Å². The van der Waals surface area contributed by atoms with Crippen LogP contribution in [0.5, 0.6) is 0 Å². The molecule has 0 radical (unpaired) electrons. The zero-order valence-corrected chi connectivity index (χ0v) is 40.5. The second-order valence-corrected chi connectivity index (χ2v) is 18.6. The van der Waals surface area contributed by atoms with Crippen molar-refractivity contribution in [2.24, 2.45) is 0 Å². The summed E-state index contributed by atoms with van der Waals surface area (Å²) in [5.74, 6) is -0.101. The van der Waals surface area contributed by atoms with E-state index in [4.69, 9.17) is 4.74 Å². The lowest BCUT2D eigenvalue weighted by Gasteiger charge is -2.22. The summed E-state index contributed by atoms with van der Waals surface area (Å²) in [4.78, 5) is 24.5. The molecule has 0 aromatic carbocycles. The van der Waals surface area contributed by atoms with Gasteiger partial charge in [-0.3, -0.25) is 9.59 Å². The first-order valence-corrected chi connectivity index (χ1v) is 26.9. The number of esters is 1. The van der Waals surface area contributed by atoms with Crippen LogP contribution in [0.1, 0.15) is 296 Å². The van der Waals surface area contributed by atoms with Crippen LogP contribution in [0.4, 0.5) is 0 Å². The summed E-state index contributed by atoms with van der Waals surface area (Å²) in [6, 6.07) is -0.566. The molecule has 0 aromatic rings. The van der Waals surface area contributed by atoms with Crippen molar-refractivity contribution in [3.63, 3.8) is 0 Å². The van der Waals surface area contributed by atoms with Crippen LogP contribution in [-0.2, 0) is 14.3 Å². The summed E-state index contributed by atoms with van der Waals surface area (Å²) >= 11 is 0. The molecule has 0 fully saturated rings. The van der Waals surface area contributed by atoms with E-state index in [9.17, 15) is 19.8 Å². The maximum atomic E-state index is 12.5. The van der Waals surface area contributed by atoms with Gasteiger partial charge in [0.15, 0.2) is 0 Å². The minimum absolute atomic E-state index is 0.0334. The fourth-order valence-corrected chi connectivity index (χ4v) is 8.40. The number of aliphatic hydroxyl groups excluding tert-OH is 2. The number of nitrogens with one attached hydrogen (secondary N) is 1. The van der Waals surface area contributed by atoms with E-state index in [2.05, 4.69) is 31.3 Å². The Hall–Kier alpha value is -1.40. The summed E-state index contributed by atoms with van der Waals surface area (Å²) in [5, 5.41) is 23.3. The number of unbranched alkanes of at least 4 members (excludes halogenated alkanes) is 37. The summed E-state index contributed by atoms with van der Waals surface area (Å²) in [6.07, 6.45) is 57.6. The van der Waals surface area contributed by atoms with Gasteiger partial charge in [0.05, 0.1) is 25.4 Å². The van der Waals surface area contributed by atoms with Crippen LogP contribution in [0.3, 0.4) is 0 Å². The van der Waals surface area contributed by atoms with E-state index in [0.29, 0.717) is 25.9 Å². The van der Waals surface area contributed by atoms with Crippen LogP contribution >= 0.6 is 0 Å². The summed E-state index contributed by atoms with van der Waals surface area (Å²) in [6.45, 7) is 4.88. The fraction of sp³-hybridized carbons (Fsp3) is 0.926. The molecule has 2 atom stereocenters. The third-order valence-corrected chi connectivity index (χ3v) is 12.6. The topological polar surface area (TPSA) is 95.9 Å². The number of carbonyl (C=O) groups excluding carboxylic acids is 2. The lowest BCUT2D eigenvalue weighted by Crippen LogP contribution is -2.45. The Labute approximate surface area is 374 Å². The lowest BCUT2D eigenvalue weighted by atomic mass is 10.0. The summed E-state index contributed by atoms with van der Waals surface area (Å²) in [5.41, 5.74) is 0. The molecule has 0 aliphatic rings. The Bertz CT molecular complexity index is 893. The molecule has 1 amide bonds. The van der Waals surface area contributed by atoms with Gasteiger partial charge in [-0.05, 0) is 51.4 Å². The normalized spacial score (nSPS) is 12.7. The summed E-state index contributed by atoms with van der Waals surface area (Å²) < 4.78 is 5.44. The molecule has 0 saturated carbocycles. The fourth-order valence-electron chi connectivity index (χ4n) is 8.40. The van der Waals surface area contributed by atoms with Gasteiger partial charge in [0.2, 0.25) is 5.91 Å². The minimum Gasteiger partial charge on any atom is -0.466 e. The van der Waals surface area contributed by atoms with Gasteiger partial charge in [0, 0.05) is 12.8 Å². The zero-order valence-electron chi connectivity index (χ0n) is 40.5. The number of hydrogen-bond donors (Lipinski definition) is 3. The highest BCUT2D eigenvalue weighted by Gasteiger charge is 2.20. The quantitative estimate of drug-likeness (QED) is 0.0322. The molecule has 0 bridgehead atoms. The highest BCUT2D eigenvalue weighted by atomic mass is 16.5. The van der Waals surface area contributed by atoms with Crippen LogP contribution in [0, 0.1) is 0 Å². The third kappa shape index (κ3) is 46.1. The van der Waals surface area contributed by atoms with E-state index in [1.54, 1.807) is 0 Å². The third-order valence-electron chi connectivity index (χ3n) is 12.6. The first kappa shape index (κ1) is 58.6. The largest absolute Gasteiger partial charge is 0.466 e. The number of aliphatic hydroxyl groups is 2. The van der Waals surface area contributed by atoms with Crippen molar-refractivity contribution >= 4 is 11.9 Å². The number of rotatable bonds is 50. The van der Waals surface area contributed by atoms with Gasteiger partial charge >= 0.3 is 5.97 Å². The highest BCUT2D eigenvalue weighted by molar-refractivity contribution is 5.76. The molecule has 3 N–H and O–H groups in total. The predicted molar refractivity (Wildman–Crippen MR) is 260 cm³/mol. The van der Waals surface area contributed by atoms with Crippen LogP contribution in [0.15, 0.2) is 12.2 Å². The van der Waals surface area contributed by atoms with Crippen molar-refractivity contribution in [1.82, 2.24) is 5.32 Å². The van der Waals surface area contributed by atoms with Gasteiger partial charge in [0.1, 0.15) is 0 Å². The van der Waals surface area contributed by atoms with Crippen molar-refractivity contribution in [1.29, 1.82) is 0 Å². The molecule has 60 heavy (non-hydrogen) atoms. The number of carbonyl (C=O) groups is 2. The number of allylic oxidation sites excluding steroid dienone is 2. The van der Waals surface area contributed by atoms with Crippen LogP contribution in [0.2, 0.25) is 0 Å². The maximum Gasteiger partial charge on any atom is 0.305 e. The molecule has 0 aromatic heterocycles. The standard InChI is InChI=1S/C54H105NO5/c1-3-5-7-9-11-13-15-17-19-20-21-22-23-24-26-30-34-38-42-46-52(57)51(50-56)55-53(58)47-43-39-35-31-28-29-33-37-41-45-49-60-54(59)48-44-40-36-32-27-25-18-16-14-12-10-8-6-4-2/h29,33,51-52,56-57H,3-28,30-32,34-50H2,1-2H3,(H,55,58)/b33-29-. The van der Waals surface area contributed by atoms with E-state index in [-0.39, 0.29) is 18.5 Å². The van der Waals surface area contributed by atoms with E-state index < -0.39 is 12.1 Å². The van der Waals surface area contributed by atoms with Gasteiger partial charge < -0.3 is 20.3 Å². The second-order valence-electron chi connectivity index (χ2n) is 18.6. The number of amides is 1. The smallest absolute Gasteiger partial charge is 0.305 e. The van der Waals surface area contributed by atoms with E-state index in [0.717, 1.165) is 77.0 Å². The van der Waals surface area contributed by atoms with Gasteiger partial charge in [-0.1, -0.05) is 244 Å². The average Bonchev–Trinajstić information content (AvgIpc) is 3.25. The van der Waals surface area contributed by atoms with Crippen molar-refractivity contribution < 1.29 is 24.5 Å². The Morgan fingerprint density at radius 2 is 0.783 bits per heavy atom. The lowest BCUT2D eigenvalue weighted by molar-refractivity contribution is -0.143. The molecule has 0 heterocycles. The SMILES string of the molecule is CCCCCCCCCCCCCCCCCCCCCC(O)C(CO)NC(=O)CCCCCC/C=C\CCCCOC(=O)CCCCCCCCCCCCCCCC. The highest BCUT2D eigenvalue weighted by Crippen LogP contribution is 2.17. The van der Waals surface area contributed by atoms with Crippen LogP contribution < -0.4 is 5.32 Å². The summed E-state index contributed by atoms with van der Waals surface area (Å²) in [7, 11) is 0. The molecule has 2 unspecified atom stereocenters. The number of ether oxygens (including phenoxy) is 1. The van der Waals surface area contributed by atoms with Gasteiger partial charge in [-0.15, -0.1) is 0 Å². The maximum absolute atomic E-state index is 12.5. The van der Waals surface area contributed by atoms with E-state index >= 15 is 0 Å². The van der Waals surface area contributed by atoms with Crippen molar-refractivity contribution in [2.45, 2.75) is 309 Å². The van der Waals surface area contributed by atoms with Gasteiger partial charge in [-0.25, -0.2) is 0 Å². The monoisotopic (exact) mass is 848 g/mol. The molecule has 6 heteroatoms. The van der Waals surface area contributed by atoms with Gasteiger partial charge in [0.25, 0.3) is 0 Å². The molecule has 0 aliphatic carbocycles. The Balaban J connectivity index is 3.51. The number of hydrogen-bond acceptors (Lipinski definition) is 5. The molecule has 0 rings (SSSR count). The Kier molecular flexibility index (Phi) is 49.1. The first-order chi connectivity index (χ1) is 29.5. The molecular formula is C54H105NO5. The molecule has 0 spiro atoms.